The average Bonchev–Trinajstić information content (AvgIpc) is 2.60. The second-order valence-electron chi connectivity index (χ2n) is 3.41. The summed E-state index contributed by atoms with van der Waals surface area (Å²) in [4.78, 5) is 17.3. The molecule has 15 heavy (non-hydrogen) atoms. The number of carbonyl (C=O) groups excluding carboxylic acids is 1. The van der Waals surface area contributed by atoms with Crippen LogP contribution in [0.25, 0.3) is 0 Å². The molecule has 3 N–H and O–H groups in total. The smallest absolute Gasteiger partial charge is 0.235 e. The third-order valence-corrected chi connectivity index (χ3v) is 2.80. The van der Waals surface area contributed by atoms with Gasteiger partial charge in [-0.05, 0) is 14.0 Å². The summed E-state index contributed by atoms with van der Waals surface area (Å²) in [6, 6.07) is 0. The monoisotopic (exact) mass is 228 g/mol. The number of hydrazine groups is 1. The molecule has 0 aliphatic rings. The molecule has 1 aromatic rings. The largest absolute Gasteiger partial charge is 0.300 e. The van der Waals surface area contributed by atoms with Crippen LogP contribution in [0.2, 0.25) is 0 Å². The highest BCUT2D eigenvalue weighted by Gasteiger charge is 2.05. The predicted octanol–water partition coefficient (Wildman–Crippen LogP) is 0.263. The van der Waals surface area contributed by atoms with E-state index < -0.39 is 0 Å². The Labute approximate surface area is 93.3 Å². The lowest BCUT2D eigenvalue weighted by Gasteiger charge is -2.14. The summed E-state index contributed by atoms with van der Waals surface area (Å²) in [5.41, 5.74) is 3.16. The van der Waals surface area contributed by atoms with Crippen LogP contribution in [0, 0.1) is 6.92 Å². The van der Waals surface area contributed by atoms with Gasteiger partial charge < -0.3 is 4.90 Å². The summed E-state index contributed by atoms with van der Waals surface area (Å²) in [5, 5.41) is 3.10. The lowest BCUT2D eigenvalue weighted by molar-refractivity contribution is -0.121. The Balaban J connectivity index is 2.30. The molecule has 0 fully saturated rings. The molecule has 84 valence electrons. The Bertz CT molecular complexity index is 326. The Kier molecular flexibility index (Phi) is 4.67. The maximum Gasteiger partial charge on any atom is 0.235 e. The molecule has 0 unspecified atom stereocenters. The molecular formula is C9H16N4OS. The van der Waals surface area contributed by atoms with Gasteiger partial charge in [0.25, 0.3) is 0 Å². The Morgan fingerprint density at radius 3 is 3.00 bits per heavy atom. The number of aryl methyl sites for hydroxylation is 1. The fraction of sp³-hybridized carbons (Fsp3) is 0.556. The van der Waals surface area contributed by atoms with Gasteiger partial charge in [-0.1, -0.05) is 0 Å². The summed E-state index contributed by atoms with van der Waals surface area (Å²) in [6.45, 7) is 3.43. The quantitative estimate of drug-likeness (QED) is 0.431. The first-order valence-electron chi connectivity index (χ1n) is 4.71. The number of hydrogen-bond donors (Lipinski definition) is 2. The zero-order valence-electron chi connectivity index (χ0n) is 8.99. The minimum atomic E-state index is -0.142. The van der Waals surface area contributed by atoms with E-state index in [-0.39, 0.29) is 5.91 Å². The molecule has 0 aliphatic heterocycles. The van der Waals surface area contributed by atoms with E-state index in [1.54, 1.807) is 11.3 Å². The van der Waals surface area contributed by atoms with E-state index in [0.717, 1.165) is 17.2 Å². The summed E-state index contributed by atoms with van der Waals surface area (Å²) in [5.74, 6) is 4.84. The van der Waals surface area contributed by atoms with Crippen molar-refractivity contribution in [1.29, 1.82) is 0 Å². The van der Waals surface area contributed by atoms with Gasteiger partial charge in [-0.3, -0.25) is 10.2 Å². The van der Waals surface area contributed by atoms with Gasteiger partial charge in [-0.2, -0.15) is 0 Å². The van der Waals surface area contributed by atoms with Crippen molar-refractivity contribution in [2.24, 2.45) is 5.84 Å². The fourth-order valence-corrected chi connectivity index (χ4v) is 1.80. The van der Waals surface area contributed by atoms with Gasteiger partial charge in [-0.25, -0.2) is 10.8 Å². The number of nitrogens with one attached hydrogen (secondary N) is 1. The first kappa shape index (κ1) is 12.1. The molecule has 1 heterocycles. The maximum absolute atomic E-state index is 10.9. The van der Waals surface area contributed by atoms with E-state index in [1.165, 1.54) is 0 Å². The third-order valence-electron chi connectivity index (χ3n) is 1.98. The van der Waals surface area contributed by atoms with E-state index in [2.05, 4.69) is 10.4 Å². The number of hydrogen-bond acceptors (Lipinski definition) is 5. The first-order valence-corrected chi connectivity index (χ1v) is 5.58. The average molecular weight is 228 g/mol. The van der Waals surface area contributed by atoms with Crippen LogP contribution in [0.15, 0.2) is 5.38 Å². The van der Waals surface area contributed by atoms with Crippen LogP contribution >= 0.6 is 11.3 Å². The normalized spacial score (nSPS) is 10.7. The van der Waals surface area contributed by atoms with E-state index in [0.29, 0.717) is 13.0 Å². The van der Waals surface area contributed by atoms with Crippen molar-refractivity contribution in [3.63, 3.8) is 0 Å². The van der Waals surface area contributed by atoms with Gasteiger partial charge >= 0.3 is 0 Å². The molecule has 0 atom stereocenters. The summed E-state index contributed by atoms with van der Waals surface area (Å²) in [6.07, 6.45) is 0.413. The molecule has 5 nitrogen and oxygen atoms in total. The highest BCUT2D eigenvalue weighted by atomic mass is 32.1. The number of amides is 1. The topological polar surface area (TPSA) is 71.2 Å². The van der Waals surface area contributed by atoms with Gasteiger partial charge in [0.15, 0.2) is 0 Å². The van der Waals surface area contributed by atoms with Crippen LogP contribution in [-0.4, -0.2) is 29.4 Å². The van der Waals surface area contributed by atoms with Crippen molar-refractivity contribution in [3.05, 3.63) is 16.1 Å². The van der Waals surface area contributed by atoms with Crippen molar-refractivity contribution in [2.75, 3.05) is 13.6 Å². The Hall–Kier alpha value is -0.980. The van der Waals surface area contributed by atoms with Gasteiger partial charge in [0.2, 0.25) is 5.91 Å². The molecule has 0 saturated carbocycles. The summed E-state index contributed by atoms with van der Waals surface area (Å²) in [7, 11) is 1.96. The van der Waals surface area contributed by atoms with Crippen molar-refractivity contribution < 1.29 is 4.79 Å². The molecule has 0 aromatic carbocycles. The van der Waals surface area contributed by atoms with Gasteiger partial charge in [0.05, 0.1) is 10.7 Å². The minimum absolute atomic E-state index is 0.142. The summed E-state index contributed by atoms with van der Waals surface area (Å²) < 4.78 is 0. The standard InChI is InChI=1S/C9H16N4OS/c1-7-11-8(6-15-7)5-13(2)4-3-9(14)12-10/h6H,3-5,10H2,1-2H3,(H,12,14). The van der Waals surface area contributed by atoms with Crippen LogP contribution < -0.4 is 11.3 Å². The number of thiazole rings is 1. The van der Waals surface area contributed by atoms with E-state index in [9.17, 15) is 4.79 Å². The lowest BCUT2D eigenvalue weighted by Crippen LogP contribution is -2.33. The number of nitrogens with zero attached hydrogens (tertiary/aromatic N) is 2. The fourth-order valence-electron chi connectivity index (χ4n) is 1.20. The molecule has 1 rings (SSSR count). The predicted molar refractivity (Wildman–Crippen MR) is 60.1 cm³/mol. The van der Waals surface area contributed by atoms with Crippen LogP contribution in [0.4, 0.5) is 0 Å². The van der Waals surface area contributed by atoms with E-state index >= 15 is 0 Å². The van der Waals surface area contributed by atoms with Crippen LogP contribution in [0.1, 0.15) is 17.1 Å². The lowest BCUT2D eigenvalue weighted by atomic mass is 10.3. The number of nitrogens with two attached hydrogens (primary N) is 1. The Morgan fingerprint density at radius 1 is 1.73 bits per heavy atom. The van der Waals surface area contributed by atoms with E-state index in [1.807, 2.05) is 24.3 Å². The summed E-state index contributed by atoms with van der Waals surface area (Å²) >= 11 is 1.64. The molecular weight excluding hydrogens is 212 g/mol. The van der Waals surface area contributed by atoms with Crippen LogP contribution in [0.3, 0.4) is 0 Å². The number of aromatic nitrogens is 1. The second kappa shape index (κ2) is 5.79. The number of rotatable bonds is 5. The van der Waals surface area contributed by atoms with Gasteiger partial charge in [0, 0.05) is 24.9 Å². The molecule has 0 saturated heterocycles. The van der Waals surface area contributed by atoms with E-state index in [4.69, 9.17) is 5.84 Å². The molecule has 1 amide bonds. The third kappa shape index (κ3) is 4.37. The molecule has 6 heteroatoms. The van der Waals surface area contributed by atoms with Crippen molar-refractivity contribution in [2.45, 2.75) is 19.9 Å². The molecule has 0 aliphatic carbocycles. The zero-order valence-corrected chi connectivity index (χ0v) is 9.80. The molecule has 0 spiro atoms. The SMILES string of the molecule is Cc1nc(CN(C)CCC(=O)NN)cs1. The van der Waals surface area contributed by atoms with Crippen molar-refractivity contribution in [3.8, 4) is 0 Å². The zero-order chi connectivity index (χ0) is 11.3. The van der Waals surface area contributed by atoms with Crippen molar-refractivity contribution in [1.82, 2.24) is 15.3 Å². The molecule has 0 radical (unpaired) electrons. The molecule has 1 aromatic heterocycles. The minimum Gasteiger partial charge on any atom is -0.300 e. The van der Waals surface area contributed by atoms with Crippen LogP contribution in [-0.2, 0) is 11.3 Å². The first-order chi connectivity index (χ1) is 7.11. The maximum atomic E-state index is 10.9. The highest BCUT2D eigenvalue weighted by molar-refractivity contribution is 7.09. The second-order valence-corrected chi connectivity index (χ2v) is 4.48. The van der Waals surface area contributed by atoms with Gasteiger partial charge in [-0.15, -0.1) is 11.3 Å². The van der Waals surface area contributed by atoms with Crippen LogP contribution in [0.5, 0.6) is 0 Å². The Morgan fingerprint density at radius 2 is 2.47 bits per heavy atom. The highest BCUT2D eigenvalue weighted by Crippen LogP contribution is 2.09. The van der Waals surface area contributed by atoms with Crippen molar-refractivity contribution >= 4 is 17.2 Å². The number of carbonyl (C=O) groups is 1. The molecule has 0 bridgehead atoms. The van der Waals surface area contributed by atoms with Gasteiger partial charge in [0.1, 0.15) is 0 Å².